The van der Waals surface area contributed by atoms with Crippen LogP contribution >= 0.6 is 0 Å². The molecule has 0 aliphatic rings. The van der Waals surface area contributed by atoms with Gasteiger partial charge in [-0.05, 0) is 25.8 Å². The van der Waals surface area contributed by atoms with Gasteiger partial charge in [0.15, 0.2) is 0 Å². The van der Waals surface area contributed by atoms with Crippen molar-refractivity contribution in [3.05, 3.63) is 0 Å². The number of hydrogen-bond donors (Lipinski definition) is 2. The zero-order chi connectivity index (χ0) is 18.4. The number of carbonyl (C=O) groups is 1. The van der Waals surface area contributed by atoms with Crippen LogP contribution in [0.1, 0.15) is 122 Å². The molecule has 0 aromatic carbocycles. The molecule has 0 unspecified atom stereocenters. The van der Waals surface area contributed by atoms with E-state index in [1.54, 1.807) is 0 Å². The molecule has 0 atom stereocenters. The molecule has 0 aromatic heterocycles. The van der Waals surface area contributed by atoms with Gasteiger partial charge in [0.25, 0.3) is 0 Å². The van der Waals surface area contributed by atoms with E-state index in [2.05, 4.69) is 12.2 Å². The van der Waals surface area contributed by atoms with Crippen molar-refractivity contribution in [1.29, 1.82) is 0 Å². The predicted molar refractivity (Wildman–Crippen MR) is 111 cm³/mol. The number of nitrogens with two attached hydrogens (primary N) is 1. The molecule has 0 aliphatic heterocycles. The molecular weight excluding hydrogens is 308 g/mol. The highest BCUT2D eigenvalue weighted by molar-refractivity contribution is 5.75. The predicted octanol–water partition coefficient (Wildman–Crippen LogP) is 6.10. The first-order chi connectivity index (χ1) is 12.3. The molecule has 0 saturated heterocycles. The van der Waals surface area contributed by atoms with Crippen molar-refractivity contribution in [2.24, 2.45) is 5.73 Å². The Morgan fingerprint density at radius 1 is 0.640 bits per heavy atom. The first-order valence-electron chi connectivity index (χ1n) is 11.3. The third-order valence-corrected chi connectivity index (χ3v) is 4.96. The second-order valence-corrected chi connectivity index (χ2v) is 7.55. The Bertz CT molecular complexity index is 269. The van der Waals surface area contributed by atoms with Gasteiger partial charge in [-0.2, -0.15) is 0 Å². The summed E-state index contributed by atoms with van der Waals surface area (Å²) >= 11 is 0. The molecule has 0 bridgehead atoms. The van der Waals surface area contributed by atoms with Crippen LogP contribution in [0.2, 0.25) is 0 Å². The van der Waals surface area contributed by atoms with E-state index in [-0.39, 0.29) is 5.91 Å². The average molecular weight is 355 g/mol. The Labute approximate surface area is 157 Å². The van der Waals surface area contributed by atoms with E-state index in [0.717, 1.165) is 32.4 Å². The Morgan fingerprint density at radius 2 is 1.08 bits per heavy atom. The lowest BCUT2D eigenvalue weighted by Gasteiger charge is -2.05. The third-order valence-electron chi connectivity index (χ3n) is 4.96. The average Bonchev–Trinajstić information content (AvgIpc) is 2.62. The van der Waals surface area contributed by atoms with Gasteiger partial charge in [0, 0.05) is 13.0 Å². The standard InChI is InChI=1S/C22H46N2O/c1-2-3-4-5-6-7-8-9-10-11-12-13-16-19-22(25)24-21-18-15-14-17-20-23/h2-21,23H2,1H3,(H,24,25). The van der Waals surface area contributed by atoms with E-state index in [9.17, 15) is 4.79 Å². The van der Waals surface area contributed by atoms with E-state index in [1.807, 2.05) is 0 Å². The quantitative estimate of drug-likeness (QED) is 0.259. The summed E-state index contributed by atoms with van der Waals surface area (Å²) in [5.74, 6) is 0.238. The zero-order valence-corrected chi connectivity index (χ0v) is 17.1. The lowest BCUT2D eigenvalue weighted by molar-refractivity contribution is -0.121. The first-order valence-corrected chi connectivity index (χ1v) is 11.3. The van der Waals surface area contributed by atoms with Crippen LogP contribution in [0.3, 0.4) is 0 Å². The molecule has 0 aromatic rings. The molecular formula is C22H46N2O. The summed E-state index contributed by atoms with van der Waals surface area (Å²) < 4.78 is 0. The van der Waals surface area contributed by atoms with Gasteiger partial charge < -0.3 is 11.1 Å². The van der Waals surface area contributed by atoms with Crippen molar-refractivity contribution in [1.82, 2.24) is 5.32 Å². The molecule has 0 rings (SSSR count). The van der Waals surface area contributed by atoms with Crippen LogP contribution in [0.25, 0.3) is 0 Å². The minimum Gasteiger partial charge on any atom is -0.356 e. The third kappa shape index (κ3) is 21.4. The summed E-state index contributed by atoms with van der Waals surface area (Å²) in [6.45, 7) is 3.89. The fourth-order valence-electron chi connectivity index (χ4n) is 3.24. The van der Waals surface area contributed by atoms with Gasteiger partial charge in [0.2, 0.25) is 5.91 Å². The number of unbranched alkanes of at least 4 members (excludes halogenated alkanes) is 15. The van der Waals surface area contributed by atoms with Gasteiger partial charge in [0.1, 0.15) is 0 Å². The molecule has 3 N–H and O–H groups in total. The van der Waals surface area contributed by atoms with Crippen LogP contribution in [-0.2, 0) is 4.79 Å². The molecule has 1 amide bonds. The molecule has 150 valence electrons. The minimum atomic E-state index is 0.238. The lowest BCUT2D eigenvalue weighted by Crippen LogP contribution is -2.23. The molecule has 0 radical (unpaired) electrons. The highest BCUT2D eigenvalue weighted by Gasteiger charge is 2.00. The largest absolute Gasteiger partial charge is 0.356 e. The Kier molecular flexibility index (Phi) is 21.0. The van der Waals surface area contributed by atoms with Crippen molar-refractivity contribution in [3.63, 3.8) is 0 Å². The van der Waals surface area contributed by atoms with Gasteiger partial charge in [0.05, 0.1) is 0 Å². The molecule has 3 nitrogen and oxygen atoms in total. The Hall–Kier alpha value is -0.570. The van der Waals surface area contributed by atoms with Crippen molar-refractivity contribution in [3.8, 4) is 0 Å². The molecule has 3 heteroatoms. The van der Waals surface area contributed by atoms with Crippen LogP contribution in [0.15, 0.2) is 0 Å². The van der Waals surface area contributed by atoms with Gasteiger partial charge in [-0.3, -0.25) is 4.79 Å². The molecule has 0 spiro atoms. The van der Waals surface area contributed by atoms with E-state index >= 15 is 0 Å². The van der Waals surface area contributed by atoms with Crippen LogP contribution in [0, 0.1) is 0 Å². The highest BCUT2D eigenvalue weighted by atomic mass is 16.1. The summed E-state index contributed by atoms with van der Waals surface area (Å²) in [5, 5.41) is 3.03. The summed E-state index contributed by atoms with van der Waals surface area (Å²) in [6.07, 6.45) is 22.8. The van der Waals surface area contributed by atoms with E-state index in [4.69, 9.17) is 5.73 Å². The SMILES string of the molecule is CCCCCCCCCCCCCCCC(=O)NCCCCCCN. The van der Waals surface area contributed by atoms with Crippen molar-refractivity contribution >= 4 is 5.91 Å². The lowest BCUT2D eigenvalue weighted by atomic mass is 10.0. The van der Waals surface area contributed by atoms with Crippen LogP contribution in [-0.4, -0.2) is 19.0 Å². The Balaban J connectivity index is 3.11. The number of carbonyl (C=O) groups excluding carboxylic acids is 1. The van der Waals surface area contributed by atoms with Gasteiger partial charge in [-0.1, -0.05) is 96.8 Å². The summed E-state index contributed by atoms with van der Waals surface area (Å²) in [6, 6.07) is 0. The van der Waals surface area contributed by atoms with Crippen LogP contribution < -0.4 is 11.1 Å². The number of rotatable bonds is 20. The molecule has 0 heterocycles. The molecule has 0 saturated carbocycles. The molecule has 0 aliphatic carbocycles. The number of amides is 1. The fourth-order valence-corrected chi connectivity index (χ4v) is 3.24. The fraction of sp³-hybridized carbons (Fsp3) is 0.955. The highest BCUT2D eigenvalue weighted by Crippen LogP contribution is 2.12. The van der Waals surface area contributed by atoms with Gasteiger partial charge in [-0.25, -0.2) is 0 Å². The molecule has 25 heavy (non-hydrogen) atoms. The number of hydrogen-bond acceptors (Lipinski definition) is 2. The van der Waals surface area contributed by atoms with Crippen molar-refractivity contribution in [2.45, 2.75) is 122 Å². The van der Waals surface area contributed by atoms with Gasteiger partial charge in [-0.15, -0.1) is 0 Å². The van der Waals surface area contributed by atoms with E-state index in [0.29, 0.717) is 6.42 Å². The topological polar surface area (TPSA) is 55.1 Å². The maximum atomic E-state index is 11.7. The monoisotopic (exact) mass is 354 g/mol. The van der Waals surface area contributed by atoms with E-state index < -0.39 is 0 Å². The smallest absolute Gasteiger partial charge is 0.219 e. The van der Waals surface area contributed by atoms with Crippen LogP contribution in [0.5, 0.6) is 0 Å². The number of nitrogens with one attached hydrogen (secondary N) is 1. The second kappa shape index (κ2) is 21.5. The van der Waals surface area contributed by atoms with Crippen molar-refractivity contribution < 1.29 is 4.79 Å². The second-order valence-electron chi connectivity index (χ2n) is 7.55. The van der Waals surface area contributed by atoms with Crippen LogP contribution in [0.4, 0.5) is 0 Å². The van der Waals surface area contributed by atoms with Crippen molar-refractivity contribution in [2.75, 3.05) is 13.1 Å². The summed E-state index contributed by atoms with van der Waals surface area (Å²) in [7, 11) is 0. The minimum absolute atomic E-state index is 0.238. The Morgan fingerprint density at radius 3 is 1.60 bits per heavy atom. The van der Waals surface area contributed by atoms with Gasteiger partial charge >= 0.3 is 0 Å². The summed E-state index contributed by atoms with van der Waals surface area (Å²) in [5.41, 5.74) is 5.46. The molecule has 0 fully saturated rings. The maximum Gasteiger partial charge on any atom is 0.219 e. The maximum absolute atomic E-state index is 11.7. The first kappa shape index (κ1) is 24.4. The normalized spacial score (nSPS) is 11.0. The summed E-state index contributed by atoms with van der Waals surface area (Å²) in [4.78, 5) is 11.7. The van der Waals surface area contributed by atoms with E-state index in [1.165, 1.54) is 89.9 Å². The zero-order valence-electron chi connectivity index (χ0n) is 17.1.